The standard InChI is InChI=1S/C10H13F2NO4S/c11-8-1-2-9(12)10(7-8)18(16,17)13(3-5-14)4-6-15/h1-2,7,14-15H,3-6H2. The summed E-state index contributed by atoms with van der Waals surface area (Å²) in [6.07, 6.45) is 0. The van der Waals surface area contributed by atoms with E-state index in [1.54, 1.807) is 0 Å². The van der Waals surface area contributed by atoms with Crippen LogP contribution in [0.25, 0.3) is 0 Å². The highest BCUT2D eigenvalue weighted by molar-refractivity contribution is 7.89. The van der Waals surface area contributed by atoms with Crippen LogP contribution in [0.1, 0.15) is 0 Å². The first-order valence-electron chi connectivity index (χ1n) is 5.10. The van der Waals surface area contributed by atoms with Gasteiger partial charge >= 0.3 is 0 Å². The molecule has 0 bridgehead atoms. The average Bonchev–Trinajstić information content (AvgIpc) is 2.32. The smallest absolute Gasteiger partial charge is 0.246 e. The molecule has 0 radical (unpaired) electrons. The van der Waals surface area contributed by atoms with Crippen LogP contribution in [0.3, 0.4) is 0 Å². The lowest BCUT2D eigenvalue weighted by molar-refractivity contribution is 0.217. The van der Waals surface area contributed by atoms with Crippen molar-refractivity contribution in [3.05, 3.63) is 29.8 Å². The lowest BCUT2D eigenvalue weighted by atomic mass is 10.3. The maximum absolute atomic E-state index is 13.4. The molecule has 0 aliphatic heterocycles. The van der Waals surface area contributed by atoms with Gasteiger partial charge in [-0.05, 0) is 18.2 Å². The van der Waals surface area contributed by atoms with Crippen LogP contribution in [0.5, 0.6) is 0 Å². The predicted octanol–water partition coefficient (Wildman–Crippen LogP) is -0.0599. The largest absolute Gasteiger partial charge is 0.395 e. The molecule has 0 fully saturated rings. The molecule has 0 heterocycles. The number of aliphatic hydroxyl groups excluding tert-OH is 2. The molecule has 5 nitrogen and oxygen atoms in total. The van der Waals surface area contributed by atoms with Crippen molar-refractivity contribution in [2.45, 2.75) is 4.90 Å². The van der Waals surface area contributed by atoms with Crippen molar-refractivity contribution >= 4 is 10.0 Å². The van der Waals surface area contributed by atoms with Crippen molar-refractivity contribution in [3.63, 3.8) is 0 Å². The van der Waals surface area contributed by atoms with Crippen molar-refractivity contribution in [2.24, 2.45) is 0 Å². The third-order valence-corrected chi connectivity index (χ3v) is 4.12. The van der Waals surface area contributed by atoms with Crippen LogP contribution >= 0.6 is 0 Å². The molecule has 1 aromatic rings. The van der Waals surface area contributed by atoms with E-state index in [0.717, 1.165) is 6.07 Å². The minimum atomic E-state index is -4.28. The van der Waals surface area contributed by atoms with Crippen molar-refractivity contribution in [3.8, 4) is 0 Å². The number of aliphatic hydroxyl groups is 2. The van der Waals surface area contributed by atoms with Crippen LogP contribution in [0, 0.1) is 11.6 Å². The van der Waals surface area contributed by atoms with E-state index in [2.05, 4.69) is 0 Å². The van der Waals surface area contributed by atoms with Gasteiger partial charge in [0.25, 0.3) is 0 Å². The molecule has 1 rings (SSSR count). The Morgan fingerprint density at radius 1 is 1.11 bits per heavy atom. The first-order valence-corrected chi connectivity index (χ1v) is 6.54. The Labute approximate surface area is 103 Å². The van der Waals surface area contributed by atoms with Gasteiger partial charge in [-0.3, -0.25) is 0 Å². The Bertz CT molecular complexity index is 501. The van der Waals surface area contributed by atoms with Gasteiger partial charge < -0.3 is 10.2 Å². The molecular formula is C10H13F2NO4S. The summed E-state index contributed by atoms with van der Waals surface area (Å²) >= 11 is 0. The van der Waals surface area contributed by atoms with E-state index in [1.807, 2.05) is 0 Å². The summed E-state index contributed by atoms with van der Waals surface area (Å²) in [6, 6.07) is 2.07. The summed E-state index contributed by atoms with van der Waals surface area (Å²) in [5.74, 6) is -1.97. The van der Waals surface area contributed by atoms with E-state index in [4.69, 9.17) is 10.2 Å². The van der Waals surface area contributed by atoms with Gasteiger partial charge in [-0.1, -0.05) is 0 Å². The molecule has 0 aliphatic carbocycles. The van der Waals surface area contributed by atoms with Gasteiger partial charge in [0.05, 0.1) is 13.2 Å². The van der Waals surface area contributed by atoms with E-state index in [1.165, 1.54) is 0 Å². The molecule has 0 aliphatic rings. The summed E-state index contributed by atoms with van der Waals surface area (Å²) < 4.78 is 51.0. The number of rotatable bonds is 6. The molecule has 102 valence electrons. The van der Waals surface area contributed by atoms with Gasteiger partial charge in [0.15, 0.2) is 0 Å². The lowest BCUT2D eigenvalue weighted by Crippen LogP contribution is -2.36. The molecule has 0 saturated heterocycles. The van der Waals surface area contributed by atoms with E-state index in [0.29, 0.717) is 16.4 Å². The van der Waals surface area contributed by atoms with Gasteiger partial charge in [0, 0.05) is 13.1 Å². The van der Waals surface area contributed by atoms with Gasteiger partial charge in [-0.25, -0.2) is 17.2 Å². The molecule has 0 unspecified atom stereocenters. The van der Waals surface area contributed by atoms with E-state index in [-0.39, 0.29) is 13.1 Å². The first kappa shape index (κ1) is 15.0. The highest BCUT2D eigenvalue weighted by Crippen LogP contribution is 2.20. The first-order chi connectivity index (χ1) is 8.43. The van der Waals surface area contributed by atoms with Gasteiger partial charge in [0.1, 0.15) is 16.5 Å². The SMILES string of the molecule is O=S(=O)(c1cc(F)ccc1F)N(CCO)CCO. The van der Waals surface area contributed by atoms with Crippen LogP contribution in [-0.2, 0) is 10.0 Å². The maximum atomic E-state index is 13.4. The fraction of sp³-hybridized carbons (Fsp3) is 0.400. The molecule has 0 spiro atoms. The number of nitrogens with zero attached hydrogens (tertiary/aromatic N) is 1. The predicted molar refractivity (Wildman–Crippen MR) is 59.3 cm³/mol. The molecule has 2 N–H and O–H groups in total. The molecule has 18 heavy (non-hydrogen) atoms. The van der Waals surface area contributed by atoms with Crippen molar-refractivity contribution in [1.82, 2.24) is 4.31 Å². The van der Waals surface area contributed by atoms with Crippen LogP contribution in [0.4, 0.5) is 8.78 Å². The zero-order chi connectivity index (χ0) is 13.8. The van der Waals surface area contributed by atoms with Gasteiger partial charge in [-0.2, -0.15) is 4.31 Å². The number of hydrogen-bond acceptors (Lipinski definition) is 4. The Balaban J connectivity index is 3.21. The van der Waals surface area contributed by atoms with Crippen LogP contribution in [0.15, 0.2) is 23.1 Å². The van der Waals surface area contributed by atoms with Gasteiger partial charge in [0.2, 0.25) is 10.0 Å². The minimum absolute atomic E-state index is 0.307. The van der Waals surface area contributed by atoms with E-state index < -0.39 is 39.8 Å². The quantitative estimate of drug-likeness (QED) is 0.766. The molecule has 0 aromatic heterocycles. The van der Waals surface area contributed by atoms with Crippen molar-refractivity contribution < 1.29 is 27.4 Å². The Hall–Kier alpha value is -1.09. The second-order valence-electron chi connectivity index (χ2n) is 3.43. The number of hydrogen-bond donors (Lipinski definition) is 2. The fourth-order valence-corrected chi connectivity index (χ4v) is 2.89. The highest BCUT2D eigenvalue weighted by Gasteiger charge is 2.27. The molecule has 0 amide bonds. The normalized spacial score (nSPS) is 12.1. The molecule has 1 aromatic carbocycles. The monoisotopic (exact) mass is 281 g/mol. The van der Waals surface area contributed by atoms with Crippen LogP contribution in [-0.4, -0.2) is 49.2 Å². The average molecular weight is 281 g/mol. The minimum Gasteiger partial charge on any atom is -0.395 e. The zero-order valence-electron chi connectivity index (χ0n) is 9.38. The summed E-state index contributed by atoms with van der Waals surface area (Å²) in [4.78, 5) is -0.815. The summed E-state index contributed by atoms with van der Waals surface area (Å²) in [5, 5.41) is 17.5. The van der Waals surface area contributed by atoms with Crippen LogP contribution < -0.4 is 0 Å². The topological polar surface area (TPSA) is 77.8 Å². The number of sulfonamides is 1. The fourth-order valence-electron chi connectivity index (χ4n) is 1.39. The molecule has 0 saturated carbocycles. The summed E-state index contributed by atoms with van der Waals surface area (Å²) in [6.45, 7) is -1.59. The maximum Gasteiger partial charge on any atom is 0.246 e. The number of benzene rings is 1. The second-order valence-corrected chi connectivity index (χ2v) is 5.33. The Morgan fingerprint density at radius 3 is 2.17 bits per heavy atom. The third kappa shape index (κ3) is 3.22. The Kier molecular flexibility index (Phi) is 5.15. The number of halogens is 2. The lowest BCUT2D eigenvalue weighted by Gasteiger charge is -2.20. The summed E-state index contributed by atoms with van der Waals surface area (Å²) in [5.41, 5.74) is 0. The Morgan fingerprint density at radius 2 is 1.67 bits per heavy atom. The molecular weight excluding hydrogens is 268 g/mol. The van der Waals surface area contributed by atoms with E-state index in [9.17, 15) is 17.2 Å². The van der Waals surface area contributed by atoms with E-state index >= 15 is 0 Å². The van der Waals surface area contributed by atoms with Crippen molar-refractivity contribution in [2.75, 3.05) is 26.3 Å². The molecule has 0 atom stereocenters. The van der Waals surface area contributed by atoms with Crippen LogP contribution in [0.2, 0.25) is 0 Å². The highest BCUT2D eigenvalue weighted by atomic mass is 32.2. The molecule has 8 heteroatoms. The third-order valence-electron chi connectivity index (χ3n) is 2.21. The zero-order valence-corrected chi connectivity index (χ0v) is 10.2. The second kappa shape index (κ2) is 6.19. The summed E-state index contributed by atoms with van der Waals surface area (Å²) in [7, 11) is -4.28. The van der Waals surface area contributed by atoms with Crippen molar-refractivity contribution in [1.29, 1.82) is 0 Å². The van der Waals surface area contributed by atoms with Gasteiger partial charge in [-0.15, -0.1) is 0 Å².